The zero-order chi connectivity index (χ0) is 7.11. The second kappa shape index (κ2) is 5.98. The van der Waals surface area contributed by atoms with Crippen LogP contribution in [0.5, 0.6) is 0 Å². The third kappa shape index (κ3) is 5.73. The van der Waals surface area contributed by atoms with Crippen LogP contribution in [-0.4, -0.2) is 31.1 Å². The molecule has 0 saturated heterocycles. The number of aliphatic hydroxyl groups excluding tert-OH is 1. The van der Waals surface area contributed by atoms with E-state index in [1.54, 1.807) is 0 Å². The van der Waals surface area contributed by atoms with Gasteiger partial charge in [-0.2, -0.15) is 0 Å². The summed E-state index contributed by atoms with van der Waals surface area (Å²) in [6.45, 7) is 2.47. The molecule has 0 rings (SSSR count). The summed E-state index contributed by atoms with van der Waals surface area (Å²) in [5, 5.41) is 8.20. The number of rotatable bonds is 5. The minimum absolute atomic E-state index is 0.296. The van der Waals surface area contributed by atoms with Crippen LogP contribution >= 0.6 is 0 Å². The quantitative estimate of drug-likeness (QED) is 0.565. The van der Waals surface area contributed by atoms with Crippen molar-refractivity contribution >= 4 is 0 Å². The fraction of sp³-hybridized carbons (Fsp3) is 1.00. The van der Waals surface area contributed by atoms with E-state index < -0.39 is 12.8 Å². The van der Waals surface area contributed by atoms with Crippen molar-refractivity contribution < 1.29 is 14.2 Å². The van der Waals surface area contributed by atoms with Crippen LogP contribution in [-0.2, 0) is 4.74 Å². The Labute approximate surface area is 54.6 Å². The van der Waals surface area contributed by atoms with E-state index >= 15 is 0 Å². The molecule has 1 atom stereocenters. The van der Waals surface area contributed by atoms with Gasteiger partial charge < -0.3 is 9.84 Å². The van der Waals surface area contributed by atoms with Crippen LogP contribution in [0.15, 0.2) is 0 Å². The highest BCUT2D eigenvalue weighted by Gasteiger charge is 2.01. The van der Waals surface area contributed by atoms with Crippen molar-refractivity contribution in [3.8, 4) is 0 Å². The molecule has 3 heteroatoms. The molecule has 0 bridgehead atoms. The fourth-order valence-corrected chi connectivity index (χ4v) is 0.447. The van der Waals surface area contributed by atoms with Crippen molar-refractivity contribution in [1.29, 1.82) is 0 Å². The standard InChI is InChI=1S/C6H13FO2/c1-2-9-4-3-6(7)5-8/h6,8H,2-5H2,1H3. The lowest BCUT2D eigenvalue weighted by Crippen LogP contribution is -2.09. The summed E-state index contributed by atoms with van der Waals surface area (Å²) < 4.78 is 17.0. The van der Waals surface area contributed by atoms with E-state index in [1.807, 2.05) is 6.92 Å². The van der Waals surface area contributed by atoms with Gasteiger partial charge in [0.05, 0.1) is 6.61 Å². The monoisotopic (exact) mass is 136 g/mol. The van der Waals surface area contributed by atoms with E-state index in [9.17, 15) is 4.39 Å². The van der Waals surface area contributed by atoms with E-state index in [4.69, 9.17) is 9.84 Å². The highest BCUT2D eigenvalue weighted by Crippen LogP contribution is 1.95. The Morgan fingerprint density at radius 3 is 2.78 bits per heavy atom. The normalized spacial score (nSPS) is 13.7. The van der Waals surface area contributed by atoms with Gasteiger partial charge in [-0.05, 0) is 6.92 Å². The Morgan fingerprint density at radius 1 is 1.67 bits per heavy atom. The molecule has 9 heavy (non-hydrogen) atoms. The minimum atomic E-state index is -1.11. The molecule has 0 aliphatic heterocycles. The number of hydrogen-bond donors (Lipinski definition) is 1. The molecule has 0 aromatic carbocycles. The first-order valence-electron chi connectivity index (χ1n) is 3.14. The van der Waals surface area contributed by atoms with Gasteiger partial charge in [-0.3, -0.25) is 0 Å². The van der Waals surface area contributed by atoms with E-state index in [-0.39, 0.29) is 0 Å². The Balaban J connectivity index is 2.88. The zero-order valence-corrected chi connectivity index (χ0v) is 5.64. The number of hydrogen-bond acceptors (Lipinski definition) is 2. The van der Waals surface area contributed by atoms with Crippen molar-refractivity contribution in [3.63, 3.8) is 0 Å². The second-order valence-corrected chi connectivity index (χ2v) is 1.77. The van der Waals surface area contributed by atoms with Crippen LogP contribution in [0.2, 0.25) is 0 Å². The summed E-state index contributed by atoms with van der Waals surface area (Å²) in [5.41, 5.74) is 0. The van der Waals surface area contributed by atoms with Crippen molar-refractivity contribution in [2.45, 2.75) is 19.5 Å². The molecule has 0 spiro atoms. The molecular weight excluding hydrogens is 123 g/mol. The molecule has 0 heterocycles. The number of alkyl halides is 1. The average Bonchev–Trinajstić information content (AvgIpc) is 1.89. The van der Waals surface area contributed by atoms with Crippen LogP contribution in [0.1, 0.15) is 13.3 Å². The molecule has 1 unspecified atom stereocenters. The van der Waals surface area contributed by atoms with Crippen LogP contribution in [0.4, 0.5) is 4.39 Å². The highest BCUT2D eigenvalue weighted by atomic mass is 19.1. The fourth-order valence-electron chi connectivity index (χ4n) is 0.447. The molecule has 1 N–H and O–H groups in total. The molecule has 56 valence electrons. The van der Waals surface area contributed by atoms with Crippen molar-refractivity contribution in [2.24, 2.45) is 0 Å². The van der Waals surface area contributed by atoms with E-state index in [0.29, 0.717) is 19.6 Å². The molecule has 0 aromatic rings. The largest absolute Gasteiger partial charge is 0.393 e. The van der Waals surface area contributed by atoms with E-state index in [0.717, 1.165) is 0 Å². The SMILES string of the molecule is CCOCCC(F)CO. The number of ether oxygens (including phenoxy) is 1. The topological polar surface area (TPSA) is 29.5 Å². The third-order valence-electron chi connectivity index (χ3n) is 0.978. The number of halogens is 1. The van der Waals surface area contributed by atoms with E-state index in [1.165, 1.54) is 0 Å². The van der Waals surface area contributed by atoms with Gasteiger partial charge in [0.2, 0.25) is 0 Å². The molecular formula is C6H13FO2. The smallest absolute Gasteiger partial charge is 0.125 e. The van der Waals surface area contributed by atoms with E-state index in [2.05, 4.69) is 0 Å². The summed E-state index contributed by atoms with van der Waals surface area (Å²) in [4.78, 5) is 0. The Kier molecular flexibility index (Phi) is 5.88. The minimum Gasteiger partial charge on any atom is -0.393 e. The van der Waals surface area contributed by atoms with Gasteiger partial charge in [-0.25, -0.2) is 4.39 Å². The Hall–Kier alpha value is -0.150. The van der Waals surface area contributed by atoms with Crippen molar-refractivity contribution in [1.82, 2.24) is 0 Å². The van der Waals surface area contributed by atoms with Gasteiger partial charge in [0, 0.05) is 19.6 Å². The maximum absolute atomic E-state index is 12.1. The Morgan fingerprint density at radius 2 is 2.33 bits per heavy atom. The van der Waals surface area contributed by atoms with Gasteiger partial charge in [0.25, 0.3) is 0 Å². The molecule has 2 nitrogen and oxygen atoms in total. The van der Waals surface area contributed by atoms with Crippen LogP contribution in [0.25, 0.3) is 0 Å². The first-order chi connectivity index (χ1) is 4.31. The van der Waals surface area contributed by atoms with Gasteiger partial charge in [0.1, 0.15) is 6.17 Å². The van der Waals surface area contributed by atoms with Gasteiger partial charge in [0.15, 0.2) is 0 Å². The maximum Gasteiger partial charge on any atom is 0.125 e. The summed E-state index contributed by atoms with van der Waals surface area (Å²) in [7, 11) is 0. The lowest BCUT2D eigenvalue weighted by Gasteiger charge is -2.02. The molecule has 0 aliphatic rings. The van der Waals surface area contributed by atoms with Gasteiger partial charge in [-0.15, -0.1) is 0 Å². The second-order valence-electron chi connectivity index (χ2n) is 1.77. The van der Waals surface area contributed by atoms with Crippen molar-refractivity contribution in [3.05, 3.63) is 0 Å². The van der Waals surface area contributed by atoms with Crippen molar-refractivity contribution in [2.75, 3.05) is 19.8 Å². The summed E-state index contributed by atoms with van der Waals surface area (Å²) >= 11 is 0. The predicted molar refractivity (Wildman–Crippen MR) is 33.1 cm³/mol. The Bertz CT molecular complexity index is 59.0. The van der Waals surface area contributed by atoms with Gasteiger partial charge in [-0.1, -0.05) is 0 Å². The maximum atomic E-state index is 12.1. The third-order valence-corrected chi connectivity index (χ3v) is 0.978. The van der Waals surface area contributed by atoms with Gasteiger partial charge >= 0.3 is 0 Å². The molecule has 0 amide bonds. The molecule has 0 fully saturated rings. The average molecular weight is 136 g/mol. The summed E-state index contributed by atoms with van der Waals surface area (Å²) in [5.74, 6) is 0. The first kappa shape index (κ1) is 8.85. The van der Waals surface area contributed by atoms with Crippen LogP contribution < -0.4 is 0 Å². The first-order valence-corrected chi connectivity index (χ1v) is 3.14. The molecule has 0 aromatic heterocycles. The lowest BCUT2D eigenvalue weighted by molar-refractivity contribution is 0.0987. The molecule has 0 aliphatic carbocycles. The lowest BCUT2D eigenvalue weighted by atomic mass is 10.3. The molecule has 0 radical (unpaired) electrons. The number of aliphatic hydroxyl groups is 1. The van der Waals surface area contributed by atoms with Crippen LogP contribution in [0.3, 0.4) is 0 Å². The summed E-state index contributed by atoms with van der Waals surface area (Å²) in [6.07, 6.45) is -0.818. The highest BCUT2D eigenvalue weighted by molar-refractivity contribution is 4.50. The summed E-state index contributed by atoms with van der Waals surface area (Å²) in [6, 6.07) is 0. The molecule has 0 saturated carbocycles. The predicted octanol–water partition coefficient (Wildman–Crippen LogP) is 0.743. The zero-order valence-electron chi connectivity index (χ0n) is 5.64. The van der Waals surface area contributed by atoms with Crippen LogP contribution in [0, 0.1) is 0 Å².